The molecule has 1 aromatic heterocycles. The van der Waals surface area contributed by atoms with Gasteiger partial charge >= 0.3 is 6.18 Å². The molecule has 0 amide bonds. The zero-order valence-electron chi connectivity index (χ0n) is 11.3. The van der Waals surface area contributed by atoms with Crippen LogP contribution in [-0.4, -0.2) is 13.1 Å². The van der Waals surface area contributed by atoms with Crippen LogP contribution < -0.4 is 10.1 Å². The molecule has 1 fully saturated rings. The first-order valence-corrected chi connectivity index (χ1v) is 7.38. The molecular formula is C15H11F3N2OS. The minimum Gasteiger partial charge on any atom is -0.478 e. The highest BCUT2D eigenvalue weighted by Crippen LogP contribution is 2.38. The molecule has 0 bridgehead atoms. The molecule has 1 aliphatic heterocycles. The van der Waals surface area contributed by atoms with Gasteiger partial charge in [0, 0.05) is 13.1 Å². The Bertz CT molecular complexity index is 715. The van der Waals surface area contributed by atoms with Crippen LogP contribution in [0.3, 0.4) is 0 Å². The summed E-state index contributed by atoms with van der Waals surface area (Å²) < 4.78 is 44.4. The molecule has 1 saturated heterocycles. The third kappa shape index (κ3) is 2.56. The first-order valence-electron chi connectivity index (χ1n) is 6.50. The van der Waals surface area contributed by atoms with Crippen LogP contribution in [0.4, 0.5) is 13.2 Å². The molecule has 22 heavy (non-hydrogen) atoms. The van der Waals surface area contributed by atoms with Crippen molar-refractivity contribution >= 4 is 11.3 Å². The highest BCUT2D eigenvalue weighted by molar-refractivity contribution is 7.10. The van der Waals surface area contributed by atoms with Crippen LogP contribution in [-0.2, 0) is 11.8 Å². The van der Waals surface area contributed by atoms with Gasteiger partial charge in [0.1, 0.15) is 11.8 Å². The van der Waals surface area contributed by atoms with Crippen molar-refractivity contribution in [3.63, 3.8) is 0 Å². The molecule has 0 saturated carbocycles. The lowest BCUT2D eigenvalue weighted by atomic mass is 9.94. The van der Waals surface area contributed by atoms with Crippen molar-refractivity contribution in [1.82, 2.24) is 5.32 Å². The van der Waals surface area contributed by atoms with Crippen molar-refractivity contribution in [2.75, 3.05) is 13.1 Å². The van der Waals surface area contributed by atoms with E-state index in [1.807, 2.05) is 23.6 Å². The number of nitrogens with zero attached hydrogens (tertiary/aromatic N) is 1. The van der Waals surface area contributed by atoms with E-state index in [0.29, 0.717) is 13.1 Å². The maximum Gasteiger partial charge on any atom is 0.416 e. The molecule has 0 unspecified atom stereocenters. The van der Waals surface area contributed by atoms with Gasteiger partial charge < -0.3 is 10.1 Å². The summed E-state index contributed by atoms with van der Waals surface area (Å²) in [5.41, 5.74) is -1.43. The first kappa shape index (κ1) is 14.9. The Balaban J connectivity index is 1.99. The van der Waals surface area contributed by atoms with Crippen molar-refractivity contribution in [2.24, 2.45) is 0 Å². The molecule has 114 valence electrons. The summed E-state index contributed by atoms with van der Waals surface area (Å²) >= 11 is 1.48. The first-order chi connectivity index (χ1) is 10.4. The predicted octanol–water partition coefficient (Wildman–Crippen LogP) is 3.52. The lowest BCUT2D eigenvalue weighted by Gasteiger charge is -2.42. The van der Waals surface area contributed by atoms with E-state index in [1.165, 1.54) is 11.3 Å². The van der Waals surface area contributed by atoms with E-state index in [-0.39, 0.29) is 11.3 Å². The van der Waals surface area contributed by atoms with Gasteiger partial charge in [-0.25, -0.2) is 0 Å². The van der Waals surface area contributed by atoms with Gasteiger partial charge in [-0.1, -0.05) is 6.07 Å². The van der Waals surface area contributed by atoms with Crippen LogP contribution in [0.1, 0.15) is 16.0 Å². The van der Waals surface area contributed by atoms with Gasteiger partial charge in [0.15, 0.2) is 5.60 Å². The molecule has 1 aromatic carbocycles. The Kier molecular flexibility index (Phi) is 3.59. The van der Waals surface area contributed by atoms with Gasteiger partial charge in [-0.05, 0) is 29.6 Å². The standard InChI is InChI=1S/C15H11F3N2OS/c16-15(17,18)11-4-3-10(7-19)12(6-11)21-14(8-20-9-14)13-2-1-5-22-13/h1-6,20H,8-9H2. The molecule has 0 spiro atoms. The average Bonchev–Trinajstić information content (AvgIpc) is 2.96. The van der Waals surface area contributed by atoms with Gasteiger partial charge in [-0.3, -0.25) is 0 Å². The minimum atomic E-state index is -4.47. The monoisotopic (exact) mass is 324 g/mol. The number of halogens is 3. The maximum absolute atomic E-state index is 12.9. The quantitative estimate of drug-likeness (QED) is 0.939. The molecule has 7 heteroatoms. The fraction of sp³-hybridized carbons (Fsp3) is 0.267. The molecule has 0 aliphatic carbocycles. The number of ether oxygens (including phenoxy) is 1. The van der Waals surface area contributed by atoms with E-state index >= 15 is 0 Å². The Morgan fingerprint density at radius 2 is 2.05 bits per heavy atom. The SMILES string of the molecule is N#Cc1ccc(C(F)(F)F)cc1OC1(c2cccs2)CNC1. The summed E-state index contributed by atoms with van der Waals surface area (Å²) in [6.07, 6.45) is -4.47. The molecule has 3 rings (SSSR count). The molecular weight excluding hydrogens is 313 g/mol. The average molecular weight is 324 g/mol. The summed E-state index contributed by atoms with van der Waals surface area (Å²) in [4.78, 5) is 0.924. The second-order valence-corrected chi connectivity index (χ2v) is 5.95. The van der Waals surface area contributed by atoms with Crippen molar-refractivity contribution in [3.8, 4) is 11.8 Å². The molecule has 2 heterocycles. The van der Waals surface area contributed by atoms with Crippen LogP contribution in [0.5, 0.6) is 5.75 Å². The summed E-state index contributed by atoms with van der Waals surface area (Å²) in [6, 6.07) is 8.55. The van der Waals surface area contributed by atoms with Gasteiger partial charge in [0.2, 0.25) is 0 Å². The van der Waals surface area contributed by atoms with Gasteiger partial charge in [0.25, 0.3) is 0 Å². The minimum absolute atomic E-state index is 0.0350. The van der Waals surface area contributed by atoms with Crippen LogP contribution in [0.15, 0.2) is 35.7 Å². The number of benzene rings is 1. The van der Waals surface area contributed by atoms with Gasteiger partial charge in [-0.15, -0.1) is 11.3 Å². The Morgan fingerprint density at radius 3 is 2.55 bits per heavy atom. The number of hydrogen-bond donors (Lipinski definition) is 1. The number of rotatable bonds is 3. The van der Waals surface area contributed by atoms with E-state index in [9.17, 15) is 13.2 Å². The Hall–Kier alpha value is -2.04. The predicted molar refractivity (Wildman–Crippen MR) is 75.7 cm³/mol. The number of thiophene rings is 1. The van der Waals surface area contributed by atoms with Crippen LogP contribution in [0.2, 0.25) is 0 Å². The van der Waals surface area contributed by atoms with E-state index in [1.54, 1.807) is 0 Å². The summed E-state index contributed by atoms with van der Waals surface area (Å²) in [6.45, 7) is 0.989. The molecule has 2 aromatic rings. The Labute approximate surface area is 129 Å². The third-order valence-electron chi connectivity index (χ3n) is 3.53. The van der Waals surface area contributed by atoms with Crippen LogP contribution in [0, 0.1) is 11.3 Å². The number of nitriles is 1. The molecule has 3 nitrogen and oxygen atoms in total. The molecule has 0 atom stereocenters. The van der Waals surface area contributed by atoms with Crippen molar-refractivity contribution in [3.05, 3.63) is 51.7 Å². The highest BCUT2D eigenvalue weighted by atomic mass is 32.1. The van der Waals surface area contributed by atoms with E-state index < -0.39 is 17.3 Å². The lowest BCUT2D eigenvalue weighted by Crippen LogP contribution is -2.60. The lowest BCUT2D eigenvalue weighted by molar-refractivity contribution is -0.137. The third-order valence-corrected chi connectivity index (χ3v) is 4.58. The van der Waals surface area contributed by atoms with Crippen molar-refractivity contribution in [1.29, 1.82) is 5.26 Å². The molecule has 0 radical (unpaired) electrons. The number of nitrogens with one attached hydrogen (secondary N) is 1. The smallest absolute Gasteiger partial charge is 0.416 e. The van der Waals surface area contributed by atoms with Crippen molar-refractivity contribution in [2.45, 2.75) is 11.8 Å². The second kappa shape index (κ2) is 5.30. The van der Waals surface area contributed by atoms with E-state index in [4.69, 9.17) is 10.00 Å². The van der Waals surface area contributed by atoms with E-state index in [0.717, 1.165) is 23.1 Å². The maximum atomic E-state index is 12.9. The summed E-state index contributed by atoms with van der Waals surface area (Å²) in [5, 5.41) is 14.1. The summed E-state index contributed by atoms with van der Waals surface area (Å²) in [7, 11) is 0. The zero-order chi connectivity index (χ0) is 15.8. The fourth-order valence-corrected chi connectivity index (χ4v) is 3.13. The zero-order valence-corrected chi connectivity index (χ0v) is 12.1. The van der Waals surface area contributed by atoms with Gasteiger partial charge in [0.05, 0.1) is 16.0 Å². The van der Waals surface area contributed by atoms with Crippen molar-refractivity contribution < 1.29 is 17.9 Å². The number of alkyl halides is 3. The molecule has 1 aliphatic rings. The topological polar surface area (TPSA) is 45.0 Å². The van der Waals surface area contributed by atoms with Crippen LogP contribution in [0.25, 0.3) is 0 Å². The summed E-state index contributed by atoms with van der Waals surface area (Å²) in [5.74, 6) is -0.0350. The van der Waals surface area contributed by atoms with Crippen LogP contribution >= 0.6 is 11.3 Å². The Morgan fingerprint density at radius 1 is 1.27 bits per heavy atom. The largest absolute Gasteiger partial charge is 0.478 e. The molecule has 1 N–H and O–H groups in total. The fourth-order valence-electron chi connectivity index (χ4n) is 2.27. The van der Waals surface area contributed by atoms with Gasteiger partial charge in [-0.2, -0.15) is 18.4 Å². The highest BCUT2D eigenvalue weighted by Gasteiger charge is 2.43. The second-order valence-electron chi connectivity index (χ2n) is 5.00. The number of hydrogen-bond acceptors (Lipinski definition) is 4. The van der Waals surface area contributed by atoms with E-state index in [2.05, 4.69) is 5.32 Å². The normalized spacial score (nSPS) is 16.6.